The second-order valence-corrected chi connectivity index (χ2v) is 13.7. The molecular weight excluding hydrogens is 653 g/mol. The summed E-state index contributed by atoms with van der Waals surface area (Å²) < 4.78 is 18.1. The average molecular weight is 696 g/mol. The lowest BCUT2D eigenvalue weighted by Gasteiger charge is -2.21. The normalized spacial score (nSPS) is 18.6. The number of rotatable bonds is 13. The lowest BCUT2D eigenvalue weighted by Crippen LogP contribution is -2.44. The summed E-state index contributed by atoms with van der Waals surface area (Å²) in [6, 6.07) is 12.8. The number of anilines is 3. The van der Waals surface area contributed by atoms with Crippen molar-refractivity contribution >= 4 is 51.6 Å². The molecule has 2 aromatic carbocycles. The van der Waals surface area contributed by atoms with Crippen LogP contribution in [0.5, 0.6) is 0 Å². The van der Waals surface area contributed by atoms with Crippen LogP contribution in [0.1, 0.15) is 78.2 Å². The summed E-state index contributed by atoms with van der Waals surface area (Å²) >= 11 is 0. The van der Waals surface area contributed by atoms with Gasteiger partial charge in [-0.15, -0.1) is 5.10 Å². The zero-order valence-corrected chi connectivity index (χ0v) is 29.0. The number of amides is 3. The quantitative estimate of drug-likeness (QED) is 0.101. The Morgan fingerprint density at radius 3 is 2.51 bits per heavy atom. The Labute approximate surface area is 293 Å². The highest BCUT2D eigenvalue weighted by Crippen LogP contribution is 2.28. The van der Waals surface area contributed by atoms with Gasteiger partial charge in [0, 0.05) is 38.2 Å². The van der Waals surface area contributed by atoms with Crippen molar-refractivity contribution in [3.8, 4) is 0 Å². The van der Waals surface area contributed by atoms with Gasteiger partial charge in [0.05, 0.1) is 29.0 Å². The lowest BCUT2D eigenvalue weighted by molar-refractivity contribution is -0.135. The molecule has 1 aliphatic carbocycles. The van der Waals surface area contributed by atoms with Crippen molar-refractivity contribution in [2.24, 2.45) is 7.05 Å². The van der Waals surface area contributed by atoms with Gasteiger partial charge in [0.25, 0.3) is 5.91 Å². The van der Waals surface area contributed by atoms with E-state index in [1.165, 1.54) is 15.3 Å². The molecular formula is C37H42FN9O4. The van der Waals surface area contributed by atoms with Crippen LogP contribution in [-0.4, -0.2) is 60.2 Å². The minimum Gasteiger partial charge on any atom is -0.382 e. The van der Waals surface area contributed by atoms with Crippen molar-refractivity contribution < 1.29 is 18.8 Å². The lowest BCUT2D eigenvalue weighted by atomic mass is 10.0. The number of imidazole rings is 2. The largest absolute Gasteiger partial charge is 0.382 e. The standard InChI is InChI=1S/C37H42FN9O4/c1-21-14-22(2)16-24(15-21)41-32-19-27(34-40-20-31(47(34)44-32)36(50)42-26-18-25(26)38)39-13-7-5-4-6-8-23-9-10-28-30(17-23)45(3)37(51)46(28)29-11-12-33(48)43-35(29)49/h9-10,14-17,19-20,25-26,29,39H,4-8,11-13,18H2,1-3H3,(H,41,44)(H,42,50)(H,43,48,49)/t25-,26+,29?/m0/s1. The maximum atomic E-state index is 13.5. The zero-order chi connectivity index (χ0) is 35.8. The first-order valence-corrected chi connectivity index (χ1v) is 17.5. The number of hydrogen-bond donors (Lipinski definition) is 4. The highest BCUT2D eigenvalue weighted by Gasteiger charge is 2.39. The van der Waals surface area contributed by atoms with Crippen LogP contribution in [0.4, 0.5) is 21.6 Å². The number of piperidine rings is 1. The first-order valence-electron chi connectivity index (χ1n) is 17.5. The molecule has 0 spiro atoms. The van der Waals surface area contributed by atoms with Gasteiger partial charge < -0.3 is 16.0 Å². The van der Waals surface area contributed by atoms with Crippen LogP contribution in [0.25, 0.3) is 16.7 Å². The molecule has 5 aromatic rings. The third-order valence-electron chi connectivity index (χ3n) is 9.61. The van der Waals surface area contributed by atoms with Crippen LogP contribution >= 0.6 is 0 Å². The van der Waals surface area contributed by atoms with E-state index in [1.807, 2.05) is 50.2 Å². The van der Waals surface area contributed by atoms with Crippen LogP contribution in [0.3, 0.4) is 0 Å². The molecule has 7 rings (SSSR count). The van der Waals surface area contributed by atoms with E-state index in [0.717, 1.165) is 65.7 Å². The van der Waals surface area contributed by atoms with Gasteiger partial charge in [0.1, 0.15) is 12.2 Å². The van der Waals surface area contributed by atoms with Crippen LogP contribution in [0, 0.1) is 13.8 Å². The number of unbranched alkanes of at least 4 members (excludes halogenated alkanes) is 3. The van der Waals surface area contributed by atoms with Gasteiger partial charge in [-0.25, -0.2) is 18.7 Å². The van der Waals surface area contributed by atoms with Crippen LogP contribution in [-0.2, 0) is 23.1 Å². The van der Waals surface area contributed by atoms with Crippen LogP contribution < -0.4 is 27.0 Å². The minimum absolute atomic E-state index is 0.206. The Hall–Kier alpha value is -5.53. The minimum atomic E-state index is -1.02. The number of aryl methyl sites for hydroxylation is 4. The summed E-state index contributed by atoms with van der Waals surface area (Å²) in [4.78, 5) is 54.7. The predicted octanol–water partition coefficient (Wildman–Crippen LogP) is 4.78. The molecule has 2 aliphatic rings. The number of benzene rings is 2. The smallest absolute Gasteiger partial charge is 0.329 e. The maximum Gasteiger partial charge on any atom is 0.329 e. The molecule has 1 saturated carbocycles. The van der Waals surface area contributed by atoms with Crippen molar-refractivity contribution in [3.05, 3.63) is 81.5 Å². The van der Waals surface area contributed by atoms with Gasteiger partial charge in [-0.2, -0.15) is 0 Å². The van der Waals surface area contributed by atoms with Crippen molar-refractivity contribution in [1.29, 1.82) is 0 Å². The number of nitrogens with one attached hydrogen (secondary N) is 4. The number of hydrogen-bond acceptors (Lipinski definition) is 8. The summed E-state index contributed by atoms with van der Waals surface area (Å²) in [6.45, 7) is 4.74. The molecule has 266 valence electrons. The summed E-state index contributed by atoms with van der Waals surface area (Å²) in [5, 5.41) is 16.6. The second-order valence-electron chi connectivity index (χ2n) is 13.7. The molecule has 0 radical (unpaired) electrons. The van der Waals surface area contributed by atoms with E-state index in [1.54, 1.807) is 11.6 Å². The number of nitrogens with zero attached hydrogens (tertiary/aromatic N) is 5. The Kier molecular flexibility index (Phi) is 9.32. The Morgan fingerprint density at radius 1 is 1.00 bits per heavy atom. The van der Waals surface area contributed by atoms with E-state index < -0.39 is 30.1 Å². The summed E-state index contributed by atoms with van der Waals surface area (Å²) in [7, 11) is 1.71. The van der Waals surface area contributed by atoms with Gasteiger partial charge in [-0.1, -0.05) is 25.0 Å². The van der Waals surface area contributed by atoms with E-state index in [9.17, 15) is 23.6 Å². The number of fused-ring (bicyclic) bond motifs is 2. The highest BCUT2D eigenvalue weighted by molar-refractivity contribution is 6.00. The summed E-state index contributed by atoms with van der Waals surface area (Å²) in [6.07, 6.45) is 6.01. The second kappa shape index (κ2) is 14.0. The molecule has 3 aromatic heterocycles. The van der Waals surface area contributed by atoms with Gasteiger partial charge in [-0.05, 0) is 80.5 Å². The summed E-state index contributed by atoms with van der Waals surface area (Å²) in [5.74, 6) is -0.624. The van der Waals surface area contributed by atoms with Gasteiger partial charge >= 0.3 is 5.69 Å². The predicted molar refractivity (Wildman–Crippen MR) is 192 cm³/mol. The molecule has 13 nitrogen and oxygen atoms in total. The fourth-order valence-electron chi connectivity index (χ4n) is 6.89. The van der Waals surface area contributed by atoms with E-state index in [4.69, 9.17) is 0 Å². The molecule has 0 bridgehead atoms. The van der Waals surface area contributed by atoms with E-state index in [-0.39, 0.29) is 23.7 Å². The van der Waals surface area contributed by atoms with Crippen LogP contribution in [0.2, 0.25) is 0 Å². The molecule has 1 aliphatic heterocycles. The number of halogens is 1. The van der Waals surface area contributed by atoms with Gasteiger partial charge in [0.15, 0.2) is 17.2 Å². The Morgan fingerprint density at radius 2 is 1.76 bits per heavy atom. The molecule has 1 saturated heterocycles. The molecule has 2 fully saturated rings. The number of aromatic nitrogens is 5. The van der Waals surface area contributed by atoms with E-state index in [0.29, 0.717) is 36.4 Å². The molecule has 14 heteroatoms. The average Bonchev–Trinajstić information content (AvgIpc) is 3.49. The van der Waals surface area contributed by atoms with Crippen LogP contribution in [0.15, 0.2) is 53.5 Å². The van der Waals surface area contributed by atoms with E-state index >= 15 is 0 Å². The topological polar surface area (TPSA) is 156 Å². The first kappa shape index (κ1) is 33.9. The molecule has 4 N–H and O–H groups in total. The van der Waals surface area contributed by atoms with Crippen molar-refractivity contribution in [2.75, 3.05) is 17.2 Å². The zero-order valence-electron chi connectivity index (χ0n) is 29.0. The number of carbonyl (C=O) groups excluding carboxylic acids is 3. The van der Waals surface area contributed by atoms with Gasteiger partial charge in [-0.3, -0.25) is 28.8 Å². The van der Waals surface area contributed by atoms with Crippen molar-refractivity contribution in [3.63, 3.8) is 0 Å². The molecule has 3 amide bonds. The summed E-state index contributed by atoms with van der Waals surface area (Å²) in [5.41, 5.74) is 6.87. The fourth-order valence-corrected chi connectivity index (χ4v) is 6.89. The van der Waals surface area contributed by atoms with Crippen molar-refractivity contribution in [2.45, 2.75) is 83.5 Å². The third kappa shape index (κ3) is 7.21. The highest BCUT2D eigenvalue weighted by atomic mass is 19.1. The van der Waals surface area contributed by atoms with Gasteiger partial charge in [0.2, 0.25) is 11.8 Å². The van der Waals surface area contributed by atoms with E-state index in [2.05, 4.69) is 37.4 Å². The fraction of sp³-hybridized carbons (Fsp3) is 0.405. The molecule has 3 atom stereocenters. The number of imide groups is 1. The third-order valence-corrected chi connectivity index (χ3v) is 9.61. The Balaban J connectivity index is 0.972. The molecule has 1 unspecified atom stereocenters. The molecule has 51 heavy (non-hydrogen) atoms. The monoisotopic (exact) mass is 695 g/mol. The maximum absolute atomic E-state index is 13.5. The Bertz CT molecular complexity index is 2200. The first-order chi connectivity index (χ1) is 24.5. The molecule has 4 heterocycles. The number of alkyl halides is 1. The van der Waals surface area contributed by atoms with Crippen molar-refractivity contribution in [1.82, 2.24) is 34.4 Å². The SMILES string of the molecule is Cc1cc(C)cc(Nc2cc(NCCCCCCc3ccc4c(c3)n(C)c(=O)n4C3CCC(=O)NC3=O)c3ncc(C(=O)N[C@@H]4C[C@@H]4F)n3n2)c1. The number of carbonyl (C=O) groups is 3.